The van der Waals surface area contributed by atoms with Crippen molar-refractivity contribution in [3.05, 3.63) is 0 Å². The second-order valence-corrected chi connectivity index (χ2v) is 8.05. The van der Waals surface area contributed by atoms with E-state index in [1.165, 1.54) is 0 Å². The number of hydrogen-bond donors (Lipinski definition) is 2. The topological polar surface area (TPSA) is 40.5 Å². The van der Waals surface area contributed by atoms with Crippen LogP contribution in [0.5, 0.6) is 0 Å². The van der Waals surface area contributed by atoms with Crippen LogP contribution in [-0.4, -0.2) is 55.0 Å². The van der Waals surface area contributed by atoms with Gasteiger partial charge in [0.1, 0.15) is 0 Å². The molecule has 0 heterocycles. The molecular weight excluding hydrogens is 558 g/mol. The summed E-state index contributed by atoms with van der Waals surface area (Å²) in [6.07, 6.45) is -3.78. The van der Waals surface area contributed by atoms with Gasteiger partial charge in [0.2, 0.25) is 0 Å². The smallest absolute Gasteiger partial charge is 0.378 e. The van der Waals surface area contributed by atoms with Crippen LogP contribution in [-0.2, 0) is 0 Å². The van der Waals surface area contributed by atoms with Crippen molar-refractivity contribution in [2.45, 2.75) is 44.4 Å². The molecule has 2 nitrogen and oxygen atoms in total. The molecule has 0 aromatic heterocycles. The Bertz CT molecular complexity index is 333. The van der Waals surface area contributed by atoms with Gasteiger partial charge in [0.05, 0.1) is 13.2 Å². The molecule has 0 aliphatic carbocycles. The molecule has 0 saturated heterocycles. The standard InChI is InChI=1S/C10H12F8I2O2/c11-7(12,1-5(19)3-21)9(15,16)10(17,18)8(13,14)2-6(20)4-22/h5-6,21-22H,1-4H2/t5-,6+. The molecule has 0 saturated carbocycles. The summed E-state index contributed by atoms with van der Waals surface area (Å²) < 4.78 is 104. The molecule has 0 amide bonds. The zero-order valence-corrected chi connectivity index (χ0v) is 15.0. The average molecular weight is 570 g/mol. The van der Waals surface area contributed by atoms with Gasteiger partial charge in [0.15, 0.2) is 0 Å². The minimum absolute atomic E-state index is 1.01. The Hall–Kier alpha value is 0.820. The normalized spacial score (nSPS) is 17.5. The molecule has 0 radical (unpaired) electrons. The first kappa shape index (κ1) is 22.8. The molecule has 0 unspecified atom stereocenters. The molecule has 0 aliphatic rings. The van der Waals surface area contributed by atoms with Crippen molar-refractivity contribution < 1.29 is 45.3 Å². The zero-order valence-electron chi connectivity index (χ0n) is 10.7. The fourth-order valence-corrected chi connectivity index (χ4v) is 2.51. The number of aliphatic hydroxyl groups excluding tert-OH is 2. The summed E-state index contributed by atoms with van der Waals surface area (Å²) in [5.41, 5.74) is 0. The molecule has 0 fully saturated rings. The van der Waals surface area contributed by atoms with Crippen molar-refractivity contribution in [3.8, 4) is 0 Å². The van der Waals surface area contributed by atoms with E-state index in [-0.39, 0.29) is 0 Å². The van der Waals surface area contributed by atoms with Crippen molar-refractivity contribution in [2.75, 3.05) is 13.2 Å². The molecule has 22 heavy (non-hydrogen) atoms. The fraction of sp³-hybridized carbons (Fsp3) is 1.00. The SMILES string of the molecule is OC[C@@H](I)CC(F)(F)C(F)(F)C(F)(F)C(F)(F)C[C@@H](I)CO. The number of halogens is 10. The number of rotatable bonds is 9. The van der Waals surface area contributed by atoms with E-state index < -0.39 is 57.6 Å². The van der Waals surface area contributed by atoms with E-state index in [4.69, 9.17) is 10.2 Å². The van der Waals surface area contributed by atoms with E-state index in [0.29, 0.717) is 0 Å². The third-order valence-corrected chi connectivity index (χ3v) is 4.33. The lowest BCUT2D eigenvalue weighted by atomic mass is 9.93. The Morgan fingerprint density at radius 1 is 0.636 bits per heavy atom. The molecule has 0 aliphatic heterocycles. The van der Waals surface area contributed by atoms with Crippen molar-refractivity contribution >= 4 is 45.2 Å². The minimum atomic E-state index is -6.33. The highest BCUT2D eigenvalue weighted by Crippen LogP contribution is 2.55. The second kappa shape index (κ2) is 7.80. The summed E-state index contributed by atoms with van der Waals surface area (Å²) in [5.74, 6) is -23.6. The van der Waals surface area contributed by atoms with Gasteiger partial charge in [-0.25, -0.2) is 0 Å². The highest BCUT2D eigenvalue weighted by Gasteiger charge is 2.80. The molecular formula is C10H12F8I2O2. The fourth-order valence-electron chi connectivity index (χ4n) is 1.40. The van der Waals surface area contributed by atoms with Crippen molar-refractivity contribution in [2.24, 2.45) is 0 Å². The van der Waals surface area contributed by atoms with Crippen LogP contribution in [0.2, 0.25) is 0 Å². The van der Waals surface area contributed by atoms with Gasteiger partial charge >= 0.3 is 23.7 Å². The Labute approximate surface area is 147 Å². The summed E-state index contributed by atoms with van der Waals surface area (Å²) in [4.78, 5) is 0. The lowest BCUT2D eigenvalue weighted by Gasteiger charge is -2.37. The van der Waals surface area contributed by atoms with Gasteiger partial charge in [-0.05, 0) is 0 Å². The molecule has 0 aromatic rings. The lowest BCUT2D eigenvalue weighted by Crippen LogP contribution is -2.63. The predicted molar refractivity (Wildman–Crippen MR) is 78.8 cm³/mol. The zero-order chi connectivity index (χ0) is 18.0. The van der Waals surface area contributed by atoms with Gasteiger partial charge in [-0.3, -0.25) is 0 Å². The van der Waals surface area contributed by atoms with Crippen LogP contribution in [0.3, 0.4) is 0 Å². The quantitative estimate of drug-likeness (QED) is 0.251. The van der Waals surface area contributed by atoms with Gasteiger partial charge < -0.3 is 10.2 Å². The lowest BCUT2D eigenvalue weighted by molar-refractivity contribution is -0.367. The van der Waals surface area contributed by atoms with Crippen molar-refractivity contribution in [3.63, 3.8) is 0 Å². The van der Waals surface area contributed by atoms with Crippen LogP contribution in [0.4, 0.5) is 35.1 Å². The van der Waals surface area contributed by atoms with E-state index in [0.717, 1.165) is 45.2 Å². The first-order chi connectivity index (χ1) is 9.66. The van der Waals surface area contributed by atoms with Gasteiger partial charge in [0, 0.05) is 20.7 Å². The first-order valence-electron chi connectivity index (χ1n) is 5.67. The highest BCUT2D eigenvalue weighted by atomic mass is 127. The Balaban J connectivity index is 5.54. The van der Waals surface area contributed by atoms with E-state index >= 15 is 0 Å². The molecule has 2 atom stereocenters. The molecule has 2 N–H and O–H groups in total. The summed E-state index contributed by atoms with van der Waals surface area (Å²) in [5, 5.41) is 17.1. The number of hydrogen-bond acceptors (Lipinski definition) is 2. The van der Waals surface area contributed by atoms with E-state index in [1.807, 2.05) is 0 Å². The molecule has 0 bridgehead atoms. The third-order valence-electron chi connectivity index (χ3n) is 2.66. The maximum absolute atomic E-state index is 13.4. The van der Waals surface area contributed by atoms with Crippen molar-refractivity contribution in [1.29, 1.82) is 0 Å². The van der Waals surface area contributed by atoms with Gasteiger partial charge in [-0.1, -0.05) is 45.2 Å². The molecule has 134 valence electrons. The first-order valence-corrected chi connectivity index (χ1v) is 8.16. The van der Waals surface area contributed by atoms with E-state index in [9.17, 15) is 35.1 Å². The minimum Gasteiger partial charge on any atom is -0.395 e. The third kappa shape index (κ3) is 4.68. The maximum Gasteiger partial charge on any atom is 0.378 e. The Morgan fingerprint density at radius 2 is 0.864 bits per heavy atom. The summed E-state index contributed by atoms with van der Waals surface area (Å²) in [7, 11) is 0. The summed E-state index contributed by atoms with van der Waals surface area (Å²) >= 11 is 2.23. The number of alkyl halides is 10. The van der Waals surface area contributed by atoms with Gasteiger partial charge in [-0.15, -0.1) is 0 Å². The van der Waals surface area contributed by atoms with Crippen LogP contribution in [0, 0.1) is 0 Å². The molecule has 0 spiro atoms. The van der Waals surface area contributed by atoms with Gasteiger partial charge in [0.25, 0.3) is 0 Å². The highest BCUT2D eigenvalue weighted by molar-refractivity contribution is 14.1. The molecule has 0 rings (SSSR count). The Kier molecular flexibility index (Phi) is 8.09. The molecule has 0 aromatic carbocycles. The second-order valence-electron chi connectivity index (χ2n) is 4.53. The van der Waals surface area contributed by atoms with Crippen LogP contribution in [0.1, 0.15) is 12.8 Å². The largest absolute Gasteiger partial charge is 0.395 e. The van der Waals surface area contributed by atoms with Gasteiger partial charge in [-0.2, -0.15) is 35.1 Å². The van der Waals surface area contributed by atoms with Crippen LogP contribution in [0.25, 0.3) is 0 Å². The summed E-state index contributed by atoms with van der Waals surface area (Å²) in [6, 6.07) is 0. The van der Waals surface area contributed by atoms with E-state index in [2.05, 4.69) is 0 Å². The van der Waals surface area contributed by atoms with E-state index in [1.54, 1.807) is 0 Å². The monoisotopic (exact) mass is 570 g/mol. The molecule has 12 heteroatoms. The maximum atomic E-state index is 13.4. The average Bonchev–Trinajstić information content (AvgIpc) is 2.36. The predicted octanol–water partition coefficient (Wildman–Crippen LogP) is 3.90. The Morgan fingerprint density at radius 3 is 1.05 bits per heavy atom. The summed E-state index contributed by atoms with van der Waals surface area (Å²) in [6.45, 7) is -2.01. The number of aliphatic hydroxyl groups is 2. The van der Waals surface area contributed by atoms with Crippen molar-refractivity contribution in [1.82, 2.24) is 0 Å². The van der Waals surface area contributed by atoms with Crippen LogP contribution >= 0.6 is 45.2 Å². The van der Waals surface area contributed by atoms with Crippen LogP contribution < -0.4 is 0 Å². The van der Waals surface area contributed by atoms with Crippen LogP contribution in [0.15, 0.2) is 0 Å².